The Hall–Kier alpha value is -0.660. The number of likely N-dealkylation sites (N-methyl/N-ethyl adjacent to an activating group) is 1. The van der Waals surface area contributed by atoms with Gasteiger partial charge in [0.25, 0.3) is 0 Å². The Morgan fingerprint density at radius 1 is 1.25 bits per heavy atom. The second-order valence-corrected chi connectivity index (χ2v) is 7.32. The highest BCUT2D eigenvalue weighted by Gasteiger charge is 2.26. The molecule has 20 heavy (non-hydrogen) atoms. The van der Waals surface area contributed by atoms with Gasteiger partial charge >= 0.3 is 0 Å². The van der Waals surface area contributed by atoms with Crippen LogP contribution in [-0.2, 0) is 16.6 Å². The average molecular weight is 319 g/mol. The molecule has 0 spiro atoms. The minimum atomic E-state index is -3.52. The molecule has 1 heterocycles. The Kier molecular flexibility index (Phi) is 5.04. The number of benzene rings is 1. The number of hydrogen-bond acceptors (Lipinski definition) is 4. The molecule has 0 radical (unpaired) electrons. The lowest BCUT2D eigenvalue weighted by Crippen LogP contribution is -2.34. The van der Waals surface area contributed by atoms with Crippen molar-refractivity contribution in [3.63, 3.8) is 0 Å². The fourth-order valence-corrected chi connectivity index (χ4v) is 4.03. The van der Waals surface area contributed by atoms with Gasteiger partial charge in [0.15, 0.2) is 0 Å². The number of hydrogen-bond donors (Lipinski definition) is 1. The van der Waals surface area contributed by atoms with Gasteiger partial charge in [-0.25, -0.2) is 8.42 Å². The van der Waals surface area contributed by atoms with Crippen molar-refractivity contribution in [2.75, 3.05) is 33.2 Å². The van der Waals surface area contributed by atoms with Gasteiger partial charge in [0, 0.05) is 24.7 Å². The van der Waals surface area contributed by atoms with Crippen LogP contribution in [-0.4, -0.2) is 56.0 Å². The minimum Gasteiger partial charge on any atom is -0.392 e. The topological polar surface area (TPSA) is 60.9 Å². The molecule has 0 atom stereocenters. The van der Waals surface area contributed by atoms with Crippen LogP contribution in [0.1, 0.15) is 12.0 Å². The molecule has 5 nitrogen and oxygen atoms in total. The Balaban J connectivity index is 2.27. The molecule has 1 aliphatic rings. The summed E-state index contributed by atoms with van der Waals surface area (Å²) in [5.41, 5.74) is 0.529. The third-order valence-corrected chi connectivity index (χ3v) is 5.76. The van der Waals surface area contributed by atoms with Gasteiger partial charge in [-0.05, 0) is 37.7 Å². The average Bonchev–Trinajstić information content (AvgIpc) is 2.63. The molecule has 0 amide bonds. The Morgan fingerprint density at radius 2 is 2.00 bits per heavy atom. The Bertz CT molecular complexity index is 577. The standard InChI is InChI=1S/C13H19ClN2O3S/c1-15-5-2-6-16(8-7-15)20(18,19)12-4-3-11(10-17)13(14)9-12/h3-4,9,17H,2,5-8,10H2,1H3. The van der Waals surface area contributed by atoms with Gasteiger partial charge in [0.1, 0.15) is 0 Å². The van der Waals surface area contributed by atoms with Crippen molar-refractivity contribution >= 4 is 21.6 Å². The maximum absolute atomic E-state index is 12.6. The number of nitrogens with zero attached hydrogens (tertiary/aromatic N) is 2. The molecule has 0 bridgehead atoms. The molecule has 1 saturated heterocycles. The van der Waals surface area contributed by atoms with Gasteiger partial charge < -0.3 is 10.0 Å². The summed E-state index contributed by atoms with van der Waals surface area (Å²) < 4.78 is 26.7. The molecule has 0 unspecified atom stereocenters. The molecule has 2 rings (SSSR count). The van der Waals surface area contributed by atoms with E-state index in [1.807, 2.05) is 7.05 Å². The van der Waals surface area contributed by atoms with Gasteiger partial charge in [-0.2, -0.15) is 4.31 Å². The molecule has 0 saturated carbocycles. The van der Waals surface area contributed by atoms with Crippen molar-refractivity contribution in [1.29, 1.82) is 0 Å². The first-order chi connectivity index (χ1) is 9.45. The van der Waals surface area contributed by atoms with Crippen LogP contribution in [0.3, 0.4) is 0 Å². The lowest BCUT2D eigenvalue weighted by Gasteiger charge is -2.20. The molecule has 7 heteroatoms. The van der Waals surface area contributed by atoms with Crippen molar-refractivity contribution in [2.45, 2.75) is 17.9 Å². The van der Waals surface area contributed by atoms with E-state index in [-0.39, 0.29) is 16.5 Å². The van der Waals surface area contributed by atoms with E-state index < -0.39 is 10.0 Å². The van der Waals surface area contributed by atoms with Crippen LogP contribution in [0.2, 0.25) is 5.02 Å². The molecular weight excluding hydrogens is 300 g/mol. The Labute approximate surface area is 124 Å². The van der Waals surface area contributed by atoms with Gasteiger partial charge in [0.05, 0.1) is 11.5 Å². The quantitative estimate of drug-likeness (QED) is 0.908. The first kappa shape index (κ1) is 15.7. The van der Waals surface area contributed by atoms with Crippen molar-refractivity contribution in [1.82, 2.24) is 9.21 Å². The summed E-state index contributed by atoms with van der Waals surface area (Å²) in [6.45, 7) is 2.43. The summed E-state index contributed by atoms with van der Waals surface area (Å²) in [7, 11) is -1.53. The van der Waals surface area contributed by atoms with Crippen LogP contribution < -0.4 is 0 Å². The summed E-state index contributed by atoms with van der Waals surface area (Å²) >= 11 is 5.98. The number of aliphatic hydroxyl groups excluding tert-OH is 1. The third kappa shape index (κ3) is 3.32. The molecule has 112 valence electrons. The highest BCUT2D eigenvalue weighted by molar-refractivity contribution is 7.89. The first-order valence-corrected chi connectivity index (χ1v) is 8.35. The maximum atomic E-state index is 12.6. The first-order valence-electron chi connectivity index (χ1n) is 6.53. The number of rotatable bonds is 3. The molecule has 1 aromatic rings. The number of sulfonamides is 1. The molecule has 0 aliphatic carbocycles. The normalized spacial score (nSPS) is 18.9. The highest BCUT2D eigenvalue weighted by atomic mass is 35.5. The van der Waals surface area contributed by atoms with Crippen LogP contribution in [0.25, 0.3) is 0 Å². The van der Waals surface area contributed by atoms with Crippen molar-refractivity contribution in [3.8, 4) is 0 Å². The predicted molar refractivity (Wildman–Crippen MR) is 78.2 cm³/mol. The van der Waals surface area contributed by atoms with Crippen LogP contribution >= 0.6 is 11.6 Å². The number of halogens is 1. The fourth-order valence-electron chi connectivity index (χ4n) is 2.23. The lowest BCUT2D eigenvalue weighted by molar-refractivity contribution is 0.282. The lowest BCUT2D eigenvalue weighted by atomic mass is 10.2. The second-order valence-electron chi connectivity index (χ2n) is 4.97. The van der Waals surface area contributed by atoms with Gasteiger partial charge in [0.2, 0.25) is 10.0 Å². The molecule has 1 N–H and O–H groups in total. The van der Waals surface area contributed by atoms with Crippen LogP contribution in [0, 0.1) is 0 Å². The molecular formula is C13H19ClN2O3S. The van der Waals surface area contributed by atoms with Gasteiger partial charge in [-0.15, -0.1) is 0 Å². The third-order valence-electron chi connectivity index (χ3n) is 3.51. The summed E-state index contributed by atoms with van der Waals surface area (Å²) in [6.07, 6.45) is 0.818. The molecule has 1 aromatic carbocycles. The van der Waals surface area contributed by atoms with Crippen molar-refractivity contribution in [3.05, 3.63) is 28.8 Å². The zero-order chi connectivity index (χ0) is 14.8. The zero-order valence-electron chi connectivity index (χ0n) is 11.4. The summed E-state index contributed by atoms with van der Waals surface area (Å²) in [6, 6.07) is 4.47. The van der Waals surface area contributed by atoms with Crippen molar-refractivity contribution < 1.29 is 13.5 Å². The predicted octanol–water partition coefficient (Wildman–Crippen LogP) is 1.16. The smallest absolute Gasteiger partial charge is 0.243 e. The zero-order valence-corrected chi connectivity index (χ0v) is 13.0. The van der Waals surface area contributed by atoms with Crippen LogP contribution in [0.5, 0.6) is 0 Å². The largest absolute Gasteiger partial charge is 0.392 e. The summed E-state index contributed by atoms with van der Waals surface area (Å²) in [5, 5.41) is 9.36. The maximum Gasteiger partial charge on any atom is 0.243 e. The highest BCUT2D eigenvalue weighted by Crippen LogP contribution is 2.24. The van der Waals surface area contributed by atoms with E-state index in [1.165, 1.54) is 16.4 Å². The van der Waals surface area contributed by atoms with E-state index in [0.29, 0.717) is 18.7 Å². The van der Waals surface area contributed by atoms with Crippen molar-refractivity contribution in [2.24, 2.45) is 0 Å². The molecule has 0 aromatic heterocycles. The fraction of sp³-hybridized carbons (Fsp3) is 0.538. The van der Waals surface area contributed by atoms with Gasteiger partial charge in [-0.1, -0.05) is 17.7 Å². The molecule has 1 aliphatic heterocycles. The minimum absolute atomic E-state index is 0.184. The van der Waals surface area contributed by atoms with Gasteiger partial charge in [-0.3, -0.25) is 0 Å². The van der Waals surface area contributed by atoms with E-state index in [9.17, 15) is 8.42 Å². The second kappa shape index (κ2) is 6.41. The SMILES string of the molecule is CN1CCCN(S(=O)(=O)c2ccc(CO)c(Cl)c2)CC1. The monoisotopic (exact) mass is 318 g/mol. The van der Waals surface area contributed by atoms with E-state index in [1.54, 1.807) is 6.07 Å². The summed E-state index contributed by atoms with van der Waals surface area (Å²) in [5.74, 6) is 0. The Morgan fingerprint density at radius 3 is 2.65 bits per heavy atom. The van der Waals surface area contributed by atoms with Crippen LogP contribution in [0.15, 0.2) is 23.1 Å². The van der Waals surface area contributed by atoms with E-state index >= 15 is 0 Å². The van der Waals surface area contributed by atoms with E-state index in [0.717, 1.165) is 19.5 Å². The number of aliphatic hydroxyl groups is 1. The van der Waals surface area contributed by atoms with E-state index in [2.05, 4.69) is 4.90 Å². The molecule has 1 fully saturated rings. The van der Waals surface area contributed by atoms with Crippen LogP contribution in [0.4, 0.5) is 0 Å². The van der Waals surface area contributed by atoms with E-state index in [4.69, 9.17) is 16.7 Å². The summed E-state index contributed by atoms with van der Waals surface area (Å²) in [4.78, 5) is 2.31.